The number of carbonyl (C=O) groups is 2. The lowest BCUT2D eigenvalue weighted by atomic mass is 10.2. The zero-order valence-electron chi connectivity index (χ0n) is 12.0. The Labute approximate surface area is 127 Å². The number of benzene rings is 2. The van der Waals surface area contributed by atoms with E-state index < -0.39 is 5.82 Å². The van der Waals surface area contributed by atoms with Crippen LogP contribution in [0.3, 0.4) is 0 Å². The van der Waals surface area contributed by atoms with E-state index in [0.29, 0.717) is 17.1 Å². The van der Waals surface area contributed by atoms with Gasteiger partial charge in [-0.15, -0.1) is 0 Å². The van der Waals surface area contributed by atoms with E-state index >= 15 is 0 Å². The molecule has 5 nitrogen and oxygen atoms in total. The molecule has 0 heterocycles. The van der Waals surface area contributed by atoms with Crippen molar-refractivity contribution in [3.63, 3.8) is 0 Å². The summed E-state index contributed by atoms with van der Waals surface area (Å²) in [5, 5.41) is 8.18. The summed E-state index contributed by atoms with van der Waals surface area (Å²) in [5.41, 5.74) is 1.74. The predicted molar refractivity (Wildman–Crippen MR) is 84.3 cm³/mol. The zero-order valence-corrected chi connectivity index (χ0v) is 12.0. The van der Waals surface area contributed by atoms with Gasteiger partial charge in [-0.05, 0) is 36.4 Å². The van der Waals surface area contributed by atoms with Gasteiger partial charge in [-0.3, -0.25) is 9.59 Å². The Morgan fingerprint density at radius 3 is 2.27 bits per heavy atom. The molecule has 2 aromatic rings. The molecule has 0 aliphatic carbocycles. The maximum atomic E-state index is 13.0. The third-order valence-corrected chi connectivity index (χ3v) is 2.74. The van der Waals surface area contributed by atoms with Crippen molar-refractivity contribution in [2.75, 3.05) is 22.5 Å². The lowest BCUT2D eigenvalue weighted by molar-refractivity contribution is -0.115. The van der Waals surface area contributed by atoms with Crippen LogP contribution >= 0.6 is 0 Å². The summed E-state index contributed by atoms with van der Waals surface area (Å²) in [7, 11) is 0. The second kappa shape index (κ2) is 7.21. The Morgan fingerprint density at radius 2 is 1.59 bits per heavy atom. The Kier molecular flexibility index (Phi) is 5.08. The molecule has 2 amide bonds. The lowest BCUT2D eigenvalue weighted by Gasteiger charge is -2.09. The number of amides is 2. The highest BCUT2D eigenvalue weighted by molar-refractivity contribution is 5.94. The first-order chi connectivity index (χ1) is 10.5. The van der Waals surface area contributed by atoms with Crippen LogP contribution in [0.4, 0.5) is 21.5 Å². The smallest absolute Gasteiger partial charge is 0.243 e. The van der Waals surface area contributed by atoms with Crippen LogP contribution in [0.1, 0.15) is 6.92 Å². The lowest BCUT2D eigenvalue weighted by Crippen LogP contribution is -2.21. The van der Waals surface area contributed by atoms with Crippen LogP contribution in [0.15, 0.2) is 48.5 Å². The monoisotopic (exact) mass is 301 g/mol. The summed E-state index contributed by atoms with van der Waals surface area (Å²) in [6.45, 7) is 1.45. The second-order valence-corrected chi connectivity index (χ2v) is 4.67. The minimum Gasteiger partial charge on any atom is -0.376 e. The van der Waals surface area contributed by atoms with Crippen LogP contribution in [-0.2, 0) is 9.59 Å². The predicted octanol–water partition coefficient (Wildman–Crippen LogP) is 2.83. The SMILES string of the molecule is CC(=O)Nc1cccc(NCC(=O)Nc2cccc(F)c2)c1. The molecule has 0 radical (unpaired) electrons. The molecule has 0 saturated carbocycles. The summed E-state index contributed by atoms with van der Waals surface area (Å²) in [5.74, 6) is -0.870. The summed E-state index contributed by atoms with van der Waals surface area (Å²) >= 11 is 0. The Hall–Kier alpha value is -2.89. The van der Waals surface area contributed by atoms with Gasteiger partial charge in [-0.25, -0.2) is 4.39 Å². The van der Waals surface area contributed by atoms with Crippen molar-refractivity contribution in [1.29, 1.82) is 0 Å². The van der Waals surface area contributed by atoms with E-state index in [2.05, 4.69) is 16.0 Å². The Morgan fingerprint density at radius 1 is 0.955 bits per heavy atom. The first-order valence-electron chi connectivity index (χ1n) is 6.70. The van der Waals surface area contributed by atoms with E-state index in [1.54, 1.807) is 30.3 Å². The minimum absolute atomic E-state index is 0.0278. The molecule has 0 atom stereocenters. The molecule has 22 heavy (non-hydrogen) atoms. The van der Waals surface area contributed by atoms with Gasteiger partial charge in [0.15, 0.2) is 0 Å². The molecule has 6 heteroatoms. The van der Waals surface area contributed by atoms with Crippen molar-refractivity contribution in [2.45, 2.75) is 6.92 Å². The van der Waals surface area contributed by atoms with Gasteiger partial charge in [0.25, 0.3) is 0 Å². The molecule has 0 aliphatic rings. The van der Waals surface area contributed by atoms with Gasteiger partial charge in [0.2, 0.25) is 11.8 Å². The van der Waals surface area contributed by atoms with E-state index in [1.165, 1.54) is 25.1 Å². The molecule has 0 fully saturated rings. The van der Waals surface area contributed by atoms with E-state index in [4.69, 9.17) is 0 Å². The molecule has 0 aromatic heterocycles. The number of anilines is 3. The highest BCUT2D eigenvalue weighted by Crippen LogP contribution is 2.15. The molecule has 0 aliphatic heterocycles. The van der Waals surface area contributed by atoms with Gasteiger partial charge in [0.05, 0.1) is 6.54 Å². The van der Waals surface area contributed by atoms with Crippen molar-refractivity contribution in [2.24, 2.45) is 0 Å². The standard InChI is InChI=1S/C16H16FN3O2/c1-11(21)19-15-7-3-5-13(9-15)18-10-16(22)20-14-6-2-4-12(17)8-14/h2-9,18H,10H2,1H3,(H,19,21)(H,20,22). The quantitative estimate of drug-likeness (QED) is 0.795. The van der Waals surface area contributed by atoms with Gasteiger partial charge < -0.3 is 16.0 Å². The van der Waals surface area contributed by atoms with Crippen LogP contribution in [-0.4, -0.2) is 18.4 Å². The summed E-state index contributed by atoms with van der Waals surface area (Å²) in [6.07, 6.45) is 0. The molecule has 3 N–H and O–H groups in total. The summed E-state index contributed by atoms with van der Waals surface area (Å²) < 4.78 is 13.0. The van der Waals surface area contributed by atoms with Crippen LogP contribution in [0.25, 0.3) is 0 Å². The van der Waals surface area contributed by atoms with Crippen LogP contribution in [0.5, 0.6) is 0 Å². The van der Waals surface area contributed by atoms with Crippen molar-refractivity contribution in [3.05, 3.63) is 54.3 Å². The van der Waals surface area contributed by atoms with E-state index in [9.17, 15) is 14.0 Å². The topological polar surface area (TPSA) is 70.2 Å². The molecule has 0 unspecified atom stereocenters. The molecular formula is C16H16FN3O2. The maximum Gasteiger partial charge on any atom is 0.243 e. The van der Waals surface area contributed by atoms with Crippen molar-refractivity contribution < 1.29 is 14.0 Å². The van der Waals surface area contributed by atoms with Crippen molar-refractivity contribution >= 4 is 28.9 Å². The van der Waals surface area contributed by atoms with Gasteiger partial charge >= 0.3 is 0 Å². The van der Waals surface area contributed by atoms with Gasteiger partial charge in [0.1, 0.15) is 5.82 Å². The van der Waals surface area contributed by atoms with Crippen molar-refractivity contribution in [3.8, 4) is 0 Å². The maximum absolute atomic E-state index is 13.0. The number of hydrogen-bond donors (Lipinski definition) is 3. The molecule has 2 rings (SSSR count). The molecular weight excluding hydrogens is 285 g/mol. The van der Waals surface area contributed by atoms with Crippen LogP contribution in [0.2, 0.25) is 0 Å². The van der Waals surface area contributed by atoms with Gasteiger partial charge in [-0.2, -0.15) is 0 Å². The Bertz CT molecular complexity index is 689. The van der Waals surface area contributed by atoms with E-state index in [1.807, 2.05) is 0 Å². The molecule has 2 aromatic carbocycles. The second-order valence-electron chi connectivity index (χ2n) is 4.67. The average molecular weight is 301 g/mol. The molecule has 0 spiro atoms. The van der Waals surface area contributed by atoms with Crippen molar-refractivity contribution in [1.82, 2.24) is 0 Å². The van der Waals surface area contributed by atoms with E-state index in [-0.39, 0.29) is 18.4 Å². The highest BCUT2D eigenvalue weighted by atomic mass is 19.1. The summed E-state index contributed by atoms with van der Waals surface area (Å²) in [6, 6.07) is 12.7. The highest BCUT2D eigenvalue weighted by Gasteiger charge is 2.04. The zero-order chi connectivity index (χ0) is 15.9. The van der Waals surface area contributed by atoms with Gasteiger partial charge in [0, 0.05) is 24.0 Å². The van der Waals surface area contributed by atoms with Crippen LogP contribution < -0.4 is 16.0 Å². The number of halogens is 1. The normalized spacial score (nSPS) is 9.91. The van der Waals surface area contributed by atoms with Crippen LogP contribution in [0, 0.1) is 5.82 Å². The minimum atomic E-state index is -0.409. The fourth-order valence-electron chi connectivity index (χ4n) is 1.86. The fourth-order valence-corrected chi connectivity index (χ4v) is 1.86. The largest absolute Gasteiger partial charge is 0.376 e. The van der Waals surface area contributed by atoms with E-state index in [0.717, 1.165) is 0 Å². The first-order valence-corrected chi connectivity index (χ1v) is 6.70. The third kappa shape index (κ3) is 4.90. The number of carbonyl (C=O) groups excluding carboxylic acids is 2. The third-order valence-electron chi connectivity index (χ3n) is 2.74. The number of rotatable bonds is 5. The summed E-state index contributed by atoms with van der Waals surface area (Å²) in [4.78, 5) is 22.8. The Balaban J connectivity index is 1.89. The fraction of sp³-hybridized carbons (Fsp3) is 0.125. The number of nitrogens with one attached hydrogen (secondary N) is 3. The average Bonchev–Trinajstić information content (AvgIpc) is 2.45. The molecule has 0 bridgehead atoms. The number of hydrogen-bond acceptors (Lipinski definition) is 3. The molecule has 0 saturated heterocycles. The van der Waals surface area contributed by atoms with Gasteiger partial charge in [-0.1, -0.05) is 12.1 Å². The molecule has 114 valence electrons. The first kappa shape index (κ1) is 15.5.